The highest BCUT2D eigenvalue weighted by Crippen LogP contribution is 2.49. The molecule has 39 heavy (non-hydrogen) atoms. The summed E-state index contributed by atoms with van der Waals surface area (Å²) in [5.74, 6) is -0.0776. The van der Waals surface area contributed by atoms with Gasteiger partial charge in [0.05, 0.1) is 6.16 Å². The molecule has 0 saturated carbocycles. The molecule has 0 fully saturated rings. The molecule has 0 aliphatic rings. The van der Waals surface area contributed by atoms with Gasteiger partial charge in [0.2, 0.25) is 5.91 Å². The van der Waals surface area contributed by atoms with Crippen molar-refractivity contribution in [2.24, 2.45) is 0 Å². The highest BCUT2D eigenvalue weighted by atomic mass is 32.4. The fourth-order valence-electron chi connectivity index (χ4n) is 4.75. The van der Waals surface area contributed by atoms with Crippen LogP contribution in [-0.4, -0.2) is 12.1 Å². The Balaban J connectivity index is 1.47. The molecule has 0 saturated heterocycles. The lowest BCUT2D eigenvalue weighted by molar-refractivity contribution is -0.113. The van der Waals surface area contributed by atoms with Crippen molar-refractivity contribution < 1.29 is 4.79 Å². The van der Waals surface area contributed by atoms with Gasteiger partial charge >= 0.3 is 0 Å². The molecule has 5 aromatic carbocycles. The molecular formula is C33H29NOP2S2. The summed E-state index contributed by atoms with van der Waals surface area (Å²) < 4.78 is 0. The van der Waals surface area contributed by atoms with E-state index in [0.29, 0.717) is 6.16 Å². The summed E-state index contributed by atoms with van der Waals surface area (Å²) in [6.45, 7) is 0. The molecule has 1 amide bonds. The topological polar surface area (TPSA) is 29.1 Å². The van der Waals surface area contributed by atoms with Crippen molar-refractivity contribution in [1.29, 1.82) is 0 Å². The van der Waals surface area contributed by atoms with Crippen LogP contribution in [0.2, 0.25) is 0 Å². The number of hydrogen-bond donors (Lipinski definition) is 1. The van der Waals surface area contributed by atoms with Gasteiger partial charge in [-0.1, -0.05) is 163 Å². The van der Waals surface area contributed by atoms with Crippen LogP contribution < -0.4 is 26.5 Å². The van der Waals surface area contributed by atoms with Gasteiger partial charge in [-0.3, -0.25) is 4.79 Å². The average molecular weight is 582 g/mol. The lowest BCUT2D eigenvalue weighted by Gasteiger charge is -2.26. The number of rotatable bonds is 9. The molecule has 0 bridgehead atoms. The lowest BCUT2D eigenvalue weighted by Crippen LogP contribution is -2.26. The number of nitrogens with one attached hydrogen (secondary N) is 1. The first-order valence-corrected chi connectivity index (χ1v) is 18.7. The first-order valence-electron chi connectivity index (χ1n) is 12.8. The third-order valence-corrected chi connectivity index (χ3v) is 16.1. The fraction of sp³-hybridized carbons (Fsp3) is 0.0606. The van der Waals surface area contributed by atoms with E-state index in [2.05, 4.69) is 35.6 Å². The molecule has 0 aromatic heterocycles. The van der Waals surface area contributed by atoms with Gasteiger partial charge in [0.1, 0.15) is 0 Å². The van der Waals surface area contributed by atoms with Crippen LogP contribution in [0.15, 0.2) is 146 Å². The molecule has 5 rings (SSSR count). The summed E-state index contributed by atoms with van der Waals surface area (Å²) in [6, 6.07) is 44.3. The number of amides is 1. The van der Waals surface area contributed by atoms with Gasteiger partial charge in [-0.05, 0) is 32.8 Å². The molecule has 0 atom stereocenters. The Morgan fingerprint density at radius 3 is 1.31 bits per heavy atom. The normalized spacial score (nSPS) is 11.6. The van der Waals surface area contributed by atoms with E-state index in [-0.39, 0.29) is 12.1 Å². The predicted octanol–water partition coefficient (Wildman–Crippen LogP) is 6.39. The third kappa shape index (κ3) is 6.21. The Hall–Kier alpha value is -3.13. The molecule has 0 unspecified atom stereocenters. The van der Waals surface area contributed by atoms with E-state index in [0.717, 1.165) is 32.5 Å². The highest BCUT2D eigenvalue weighted by Gasteiger charge is 2.27. The van der Waals surface area contributed by atoms with Crippen LogP contribution in [-0.2, 0) is 34.6 Å². The molecule has 194 valence electrons. The van der Waals surface area contributed by atoms with Crippen LogP contribution in [0.3, 0.4) is 0 Å². The summed E-state index contributed by atoms with van der Waals surface area (Å²) in [4.78, 5) is 13.7. The summed E-state index contributed by atoms with van der Waals surface area (Å²) >= 11 is 12.8. The van der Waals surface area contributed by atoms with Crippen LogP contribution in [0, 0.1) is 0 Å². The third-order valence-electron chi connectivity index (χ3n) is 6.74. The van der Waals surface area contributed by atoms with Gasteiger partial charge in [-0.2, -0.15) is 0 Å². The van der Waals surface area contributed by atoms with Crippen LogP contribution in [0.25, 0.3) is 0 Å². The highest BCUT2D eigenvalue weighted by molar-refractivity contribution is 8.22. The van der Waals surface area contributed by atoms with Gasteiger partial charge in [-0.15, -0.1) is 0 Å². The molecule has 0 heterocycles. The molecule has 0 radical (unpaired) electrons. The van der Waals surface area contributed by atoms with E-state index in [1.807, 2.05) is 115 Å². The van der Waals surface area contributed by atoms with Gasteiger partial charge in [0.25, 0.3) is 0 Å². The number of carbonyl (C=O) groups is 1. The predicted molar refractivity (Wildman–Crippen MR) is 177 cm³/mol. The maximum atomic E-state index is 13.7. The molecule has 2 nitrogen and oxygen atoms in total. The van der Waals surface area contributed by atoms with Crippen LogP contribution in [0.5, 0.6) is 0 Å². The zero-order valence-electron chi connectivity index (χ0n) is 21.4. The lowest BCUT2D eigenvalue weighted by atomic mass is 10.2. The maximum absolute atomic E-state index is 13.7. The Bertz CT molecular complexity index is 1560. The molecule has 0 spiro atoms. The Morgan fingerprint density at radius 2 is 0.872 bits per heavy atom. The first kappa shape index (κ1) is 27.4. The minimum absolute atomic E-state index is 0.0776. The monoisotopic (exact) mass is 581 g/mol. The van der Waals surface area contributed by atoms with E-state index in [1.54, 1.807) is 0 Å². The SMILES string of the molecule is O=C(CP(=S)(c1ccccc1)c1ccccc1)Nc1ccccc1CP(=S)(c1ccccc1)c1ccccc1. The average Bonchev–Trinajstić information content (AvgIpc) is 3.00. The van der Waals surface area contributed by atoms with E-state index >= 15 is 0 Å². The smallest absolute Gasteiger partial charge is 0.230 e. The number of para-hydroxylation sites is 1. The summed E-state index contributed by atoms with van der Waals surface area (Å²) in [5, 5.41) is 7.63. The Morgan fingerprint density at radius 1 is 0.513 bits per heavy atom. The zero-order chi connectivity index (χ0) is 27.1. The Kier molecular flexibility index (Phi) is 8.70. The molecule has 6 heteroatoms. The zero-order valence-corrected chi connectivity index (χ0v) is 24.8. The second kappa shape index (κ2) is 12.4. The summed E-state index contributed by atoms with van der Waals surface area (Å²) in [6.07, 6.45) is 0.911. The first-order chi connectivity index (χ1) is 19.0. The van der Waals surface area contributed by atoms with Crippen LogP contribution >= 0.6 is 12.1 Å². The van der Waals surface area contributed by atoms with E-state index in [9.17, 15) is 4.79 Å². The summed E-state index contributed by atoms with van der Waals surface area (Å²) in [5.41, 5.74) is 1.83. The number of hydrogen-bond acceptors (Lipinski definition) is 3. The molecule has 0 aliphatic carbocycles. The quantitative estimate of drug-likeness (QED) is 0.205. The number of carbonyl (C=O) groups excluding carboxylic acids is 1. The van der Waals surface area contributed by atoms with E-state index in [4.69, 9.17) is 23.6 Å². The van der Waals surface area contributed by atoms with Crippen molar-refractivity contribution in [2.75, 3.05) is 11.5 Å². The Labute approximate surface area is 241 Å². The van der Waals surface area contributed by atoms with Crippen molar-refractivity contribution in [1.82, 2.24) is 0 Å². The van der Waals surface area contributed by atoms with Crippen LogP contribution in [0.1, 0.15) is 5.56 Å². The van der Waals surface area contributed by atoms with Crippen molar-refractivity contribution in [2.45, 2.75) is 6.16 Å². The molecule has 5 aromatic rings. The van der Waals surface area contributed by atoms with Gasteiger partial charge in [0.15, 0.2) is 0 Å². The fourth-order valence-corrected chi connectivity index (χ4v) is 12.2. The number of benzene rings is 5. The second-order valence-corrected chi connectivity index (χ2v) is 18.7. The van der Waals surface area contributed by atoms with Gasteiger partial charge in [-0.25, -0.2) is 0 Å². The van der Waals surface area contributed by atoms with Crippen LogP contribution in [0.4, 0.5) is 5.69 Å². The van der Waals surface area contributed by atoms with Crippen molar-refractivity contribution in [3.05, 3.63) is 151 Å². The van der Waals surface area contributed by atoms with Gasteiger partial charge in [0, 0.05) is 23.9 Å². The number of anilines is 1. The molecular weight excluding hydrogens is 552 g/mol. The minimum atomic E-state index is -2.36. The van der Waals surface area contributed by atoms with E-state index < -0.39 is 12.1 Å². The second-order valence-electron chi connectivity index (χ2n) is 9.34. The molecule has 0 aliphatic heterocycles. The van der Waals surface area contributed by atoms with Crippen molar-refractivity contribution in [3.8, 4) is 0 Å². The van der Waals surface area contributed by atoms with Crippen molar-refractivity contribution in [3.63, 3.8) is 0 Å². The standard InChI is InChI=1S/C33H29NOP2S2/c35-33(26-37(39,30-20-9-3-10-21-30)31-22-11-4-12-23-31)34-32-24-14-13-15-27(32)25-36(38,28-16-5-1-6-17-28)29-18-7-2-8-19-29/h1-24H,25-26H2,(H,34,35). The summed E-state index contributed by atoms with van der Waals surface area (Å²) in [7, 11) is 0. The minimum Gasteiger partial charge on any atom is -0.325 e. The molecule has 1 N–H and O–H groups in total. The van der Waals surface area contributed by atoms with Gasteiger partial charge < -0.3 is 5.32 Å². The maximum Gasteiger partial charge on any atom is 0.230 e. The van der Waals surface area contributed by atoms with E-state index in [1.165, 1.54) is 0 Å². The van der Waals surface area contributed by atoms with Crippen molar-refractivity contribution >= 4 is 68.5 Å². The largest absolute Gasteiger partial charge is 0.325 e.